The van der Waals surface area contributed by atoms with Crippen LogP contribution in [0.25, 0.3) is 0 Å². The molecule has 0 radical (unpaired) electrons. The topological polar surface area (TPSA) is 92.3 Å². The van der Waals surface area contributed by atoms with E-state index in [9.17, 15) is 4.79 Å². The number of carbonyl (C=O) groups excluding carboxylic acids is 1. The average Bonchev–Trinajstić information content (AvgIpc) is 2.46. The van der Waals surface area contributed by atoms with Crippen LogP contribution in [0.4, 0.5) is 10.6 Å². The fourth-order valence-electron chi connectivity index (χ4n) is 1.79. The number of urea groups is 1. The fraction of sp³-hybridized carbons (Fsp3) is 0.636. The zero-order valence-corrected chi connectivity index (χ0v) is 10.7. The van der Waals surface area contributed by atoms with Crippen molar-refractivity contribution in [1.82, 2.24) is 25.4 Å². The van der Waals surface area contributed by atoms with Crippen molar-refractivity contribution in [1.29, 1.82) is 0 Å². The van der Waals surface area contributed by atoms with Gasteiger partial charge in [0.15, 0.2) is 5.82 Å². The van der Waals surface area contributed by atoms with E-state index >= 15 is 0 Å². The molecule has 1 saturated heterocycles. The Kier molecular flexibility index (Phi) is 5.45. The second-order valence-corrected chi connectivity index (χ2v) is 4.18. The lowest BCUT2D eigenvalue weighted by atomic mass is 10.3. The van der Waals surface area contributed by atoms with Gasteiger partial charge in [-0.15, -0.1) is 10.2 Å². The maximum absolute atomic E-state index is 11.5. The number of hydrogen-bond acceptors (Lipinski definition) is 6. The maximum atomic E-state index is 11.5. The van der Waals surface area contributed by atoms with Crippen LogP contribution in [-0.4, -0.2) is 65.5 Å². The largest absolute Gasteiger partial charge is 0.379 e. The summed E-state index contributed by atoms with van der Waals surface area (Å²) in [5, 5.41) is 12.6. The van der Waals surface area contributed by atoms with Crippen LogP contribution < -0.4 is 10.6 Å². The number of nitrogens with zero attached hydrogens (tertiary/aromatic N) is 4. The summed E-state index contributed by atoms with van der Waals surface area (Å²) in [6, 6.07) is -0.288. The SMILES string of the molecule is O=C(NCCCN1CCOCC1)Nc1cncnn1. The molecule has 8 heteroatoms. The van der Waals surface area contributed by atoms with Crippen molar-refractivity contribution in [2.45, 2.75) is 6.42 Å². The molecule has 8 nitrogen and oxygen atoms in total. The molecule has 0 spiro atoms. The number of aromatic nitrogens is 3. The minimum atomic E-state index is -0.288. The van der Waals surface area contributed by atoms with Crippen molar-refractivity contribution in [3.63, 3.8) is 0 Å². The third-order valence-electron chi connectivity index (χ3n) is 2.76. The van der Waals surface area contributed by atoms with Crippen molar-refractivity contribution in [2.75, 3.05) is 44.7 Å². The van der Waals surface area contributed by atoms with Crippen molar-refractivity contribution < 1.29 is 9.53 Å². The van der Waals surface area contributed by atoms with E-state index in [2.05, 4.69) is 30.7 Å². The van der Waals surface area contributed by atoms with E-state index in [4.69, 9.17) is 4.74 Å². The van der Waals surface area contributed by atoms with Crippen LogP contribution in [-0.2, 0) is 4.74 Å². The summed E-state index contributed by atoms with van der Waals surface area (Å²) in [5.41, 5.74) is 0. The van der Waals surface area contributed by atoms with Gasteiger partial charge < -0.3 is 10.1 Å². The molecule has 0 bridgehead atoms. The molecule has 2 amide bonds. The highest BCUT2D eigenvalue weighted by atomic mass is 16.5. The molecular weight excluding hydrogens is 248 g/mol. The van der Waals surface area contributed by atoms with E-state index in [-0.39, 0.29) is 6.03 Å². The maximum Gasteiger partial charge on any atom is 0.320 e. The Morgan fingerprint density at radius 2 is 2.26 bits per heavy atom. The molecule has 0 atom stereocenters. The molecule has 1 aromatic rings. The normalized spacial score (nSPS) is 16.0. The van der Waals surface area contributed by atoms with Crippen LogP contribution in [0.5, 0.6) is 0 Å². The van der Waals surface area contributed by atoms with Gasteiger partial charge in [-0.25, -0.2) is 9.78 Å². The van der Waals surface area contributed by atoms with Gasteiger partial charge >= 0.3 is 6.03 Å². The first-order valence-corrected chi connectivity index (χ1v) is 6.32. The number of nitrogens with one attached hydrogen (secondary N) is 2. The lowest BCUT2D eigenvalue weighted by Crippen LogP contribution is -2.38. The van der Waals surface area contributed by atoms with Gasteiger partial charge in [-0.1, -0.05) is 0 Å². The van der Waals surface area contributed by atoms with E-state index in [1.165, 1.54) is 12.5 Å². The van der Waals surface area contributed by atoms with Crippen LogP contribution in [0.2, 0.25) is 0 Å². The molecule has 1 aliphatic rings. The molecule has 2 N–H and O–H groups in total. The van der Waals surface area contributed by atoms with Crippen molar-refractivity contribution in [3.8, 4) is 0 Å². The standard InChI is InChI=1S/C11H18N6O2/c18-11(15-10-8-12-9-14-16-10)13-2-1-3-17-4-6-19-7-5-17/h8-9H,1-7H2,(H2,13,15,16,18). The molecule has 2 rings (SSSR count). The lowest BCUT2D eigenvalue weighted by Gasteiger charge is -2.26. The van der Waals surface area contributed by atoms with E-state index in [0.717, 1.165) is 39.3 Å². The molecule has 1 fully saturated rings. The van der Waals surface area contributed by atoms with E-state index in [0.29, 0.717) is 12.4 Å². The highest BCUT2D eigenvalue weighted by Gasteiger charge is 2.09. The summed E-state index contributed by atoms with van der Waals surface area (Å²) >= 11 is 0. The van der Waals surface area contributed by atoms with Gasteiger partial charge in [0.1, 0.15) is 6.33 Å². The lowest BCUT2D eigenvalue weighted by molar-refractivity contribution is 0.0375. The van der Waals surface area contributed by atoms with E-state index < -0.39 is 0 Å². The number of carbonyl (C=O) groups is 1. The third kappa shape index (κ3) is 5.14. The minimum absolute atomic E-state index is 0.288. The first-order valence-electron chi connectivity index (χ1n) is 6.32. The second-order valence-electron chi connectivity index (χ2n) is 4.18. The molecule has 19 heavy (non-hydrogen) atoms. The van der Waals surface area contributed by atoms with Crippen LogP contribution in [0, 0.1) is 0 Å². The summed E-state index contributed by atoms with van der Waals surface area (Å²) in [6.45, 7) is 5.13. The Bertz CT molecular complexity index is 382. The number of ether oxygens (including phenoxy) is 1. The van der Waals surface area contributed by atoms with Crippen LogP contribution in [0.15, 0.2) is 12.5 Å². The van der Waals surface area contributed by atoms with Crippen molar-refractivity contribution in [3.05, 3.63) is 12.5 Å². The summed E-state index contributed by atoms with van der Waals surface area (Å²) < 4.78 is 5.27. The highest BCUT2D eigenvalue weighted by Crippen LogP contribution is 1.98. The zero-order chi connectivity index (χ0) is 13.3. The van der Waals surface area contributed by atoms with Gasteiger partial charge in [-0.05, 0) is 13.0 Å². The summed E-state index contributed by atoms with van der Waals surface area (Å²) in [5.74, 6) is 0.341. The molecule has 2 heterocycles. The molecule has 0 aromatic carbocycles. The molecule has 1 aromatic heterocycles. The quantitative estimate of drug-likeness (QED) is 0.712. The number of morpholine rings is 1. The smallest absolute Gasteiger partial charge is 0.320 e. The van der Waals surface area contributed by atoms with Gasteiger partial charge in [0.2, 0.25) is 0 Å². The molecule has 0 aliphatic carbocycles. The summed E-state index contributed by atoms with van der Waals surface area (Å²) in [4.78, 5) is 17.6. The zero-order valence-electron chi connectivity index (χ0n) is 10.7. The number of anilines is 1. The molecular formula is C11H18N6O2. The van der Waals surface area contributed by atoms with Gasteiger partial charge in [0, 0.05) is 19.6 Å². The van der Waals surface area contributed by atoms with Crippen LogP contribution >= 0.6 is 0 Å². The monoisotopic (exact) mass is 266 g/mol. The number of hydrogen-bond donors (Lipinski definition) is 2. The van der Waals surface area contributed by atoms with Gasteiger partial charge in [-0.2, -0.15) is 0 Å². The van der Waals surface area contributed by atoms with Crippen LogP contribution in [0.1, 0.15) is 6.42 Å². The van der Waals surface area contributed by atoms with Crippen LogP contribution in [0.3, 0.4) is 0 Å². The number of rotatable bonds is 5. The van der Waals surface area contributed by atoms with Gasteiger partial charge in [0.05, 0.1) is 19.4 Å². The summed E-state index contributed by atoms with van der Waals surface area (Å²) in [7, 11) is 0. The third-order valence-corrected chi connectivity index (χ3v) is 2.76. The fourth-order valence-corrected chi connectivity index (χ4v) is 1.79. The highest BCUT2D eigenvalue weighted by molar-refractivity contribution is 5.87. The van der Waals surface area contributed by atoms with E-state index in [1.807, 2.05) is 0 Å². The average molecular weight is 266 g/mol. The first-order chi connectivity index (χ1) is 9.34. The Balaban J connectivity index is 1.56. The van der Waals surface area contributed by atoms with Gasteiger partial charge in [-0.3, -0.25) is 10.2 Å². The predicted molar refractivity (Wildman–Crippen MR) is 68.7 cm³/mol. The molecule has 0 unspecified atom stereocenters. The minimum Gasteiger partial charge on any atom is -0.379 e. The molecule has 104 valence electrons. The van der Waals surface area contributed by atoms with Gasteiger partial charge in [0.25, 0.3) is 0 Å². The Labute approximate surface area is 111 Å². The summed E-state index contributed by atoms with van der Waals surface area (Å²) in [6.07, 6.45) is 3.66. The Hall–Kier alpha value is -1.80. The van der Waals surface area contributed by atoms with Crippen molar-refractivity contribution >= 4 is 11.8 Å². The molecule has 0 saturated carbocycles. The number of amides is 2. The van der Waals surface area contributed by atoms with Crippen molar-refractivity contribution in [2.24, 2.45) is 0 Å². The first kappa shape index (κ1) is 13.6. The second kappa shape index (κ2) is 7.59. The molecule has 1 aliphatic heterocycles. The van der Waals surface area contributed by atoms with E-state index in [1.54, 1.807) is 0 Å². The Morgan fingerprint density at radius 3 is 3.00 bits per heavy atom. The predicted octanol–water partition coefficient (Wildman–Crippen LogP) is -0.285. The Morgan fingerprint density at radius 1 is 1.42 bits per heavy atom.